The number of amides is 1. The van der Waals surface area contributed by atoms with Gasteiger partial charge in [0.25, 0.3) is 0 Å². The number of nitrogen functional groups attached to an aromatic ring is 1. The Bertz CT molecular complexity index is 486. The first-order chi connectivity index (χ1) is 10.1. The van der Waals surface area contributed by atoms with Gasteiger partial charge in [0, 0.05) is 6.42 Å². The van der Waals surface area contributed by atoms with E-state index in [9.17, 15) is 9.59 Å². The van der Waals surface area contributed by atoms with Crippen LogP contribution in [0, 0.1) is 0 Å². The summed E-state index contributed by atoms with van der Waals surface area (Å²) in [5.74, 6) is -0.537. The summed E-state index contributed by atoms with van der Waals surface area (Å²) in [6, 6.07) is 4.70. The molecular formula is C16H24N2O3. The van der Waals surface area contributed by atoms with Gasteiger partial charge in [0.2, 0.25) is 5.91 Å². The Balaban J connectivity index is 2.53. The van der Waals surface area contributed by atoms with Gasteiger partial charge in [-0.05, 0) is 24.6 Å². The van der Waals surface area contributed by atoms with Crippen molar-refractivity contribution in [1.29, 1.82) is 0 Å². The smallest absolute Gasteiger partial charge is 0.337 e. The van der Waals surface area contributed by atoms with E-state index in [2.05, 4.69) is 17.0 Å². The lowest BCUT2D eigenvalue weighted by molar-refractivity contribution is -0.116. The second kappa shape index (κ2) is 9.00. The van der Waals surface area contributed by atoms with E-state index in [1.807, 2.05) is 0 Å². The number of ether oxygens (including phenoxy) is 1. The van der Waals surface area contributed by atoms with Crippen molar-refractivity contribution in [2.24, 2.45) is 0 Å². The number of nitrogens with two attached hydrogens (primary N) is 1. The third-order valence-electron chi connectivity index (χ3n) is 3.26. The molecule has 0 saturated heterocycles. The highest BCUT2D eigenvalue weighted by Gasteiger charge is 2.10. The van der Waals surface area contributed by atoms with Gasteiger partial charge in [0.1, 0.15) is 0 Å². The second-order valence-corrected chi connectivity index (χ2v) is 5.01. The van der Waals surface area contributed by atoms with Crippen LogP contribution in [0.3, 0.4) is 0 Å². The highest BCUT2D eigenvalue weighted by Crippen LogP contribution is 2.21. The van der Waals surface area contributed by atoms with Gasteiger partial charge in [0.05, 0.1) is 24.0 Å². The Morgan fingerprint density at radius 1 is 1.19 bits per heavy atom. The van der Waals surface area contributed by atoms with E-state index in [1.54, 1.807) is 12.1 Å². The Kier molecular flexibility index (Phi) is 7.29. The molecule has 3 N–H and O–H groups in total. The van der Waals surface area contributed by atoms with Crippen LogP contribution in [-0.4, -0.2) is 19.0 Å². The highest BCUT2D eigenvalue weighted by atomic mass is 16.5. The molecule has 0 unspecified atom stereocenters. The predicted octanol–water partition coefficient (Wildman–Crippen LogP) is 3.35. The summed E-state index contributed by atoms with van der Waals surface area (Å²) in [7, 11) is 1.31. The summed E-state index contributed by atoms with van der Waals surface area (Å²) in [6.07, 6.45) is 5.93. The molecule has 116 valence electrons. The molecule has 0 heterocycles. The largest absolute Gasteiger partial charge is 0.465 e. The van der Waals surface area contributed by atoms with E-state index in [-0.39, 0.29) is 5.91 Å². The van der Waals surface area contributed by atoms with Crippen LogP contribution in [0.15, 0.2) is 18.2 Å². The van der Waals surface area contributed by atoms with Gasteiger partial charge in [0.15, 0.2) is 0 Å². The third-order valence-corrected chi connectivity index (χ3v) is 3.26. The van der Waals surface area contributed by atoms with Crippen LogP contribution in [0.4, 0.5) is 11.4 Å². The average Bonchev–Trinajstić information content (AvgIpc) is 2.48. The lowest BCUT2D eigenvalue weighted by Crippen LogP contribution is -2.13. The number of hydrogen-bond donors (Lipinski definition) is 2. The van der Waals surface area contributed by atoms with Crippen molar-refractivity contribution in [3.8, 4) is 0 Å². The molecule has 0 aliphatic heterocycles. The normalized spacial score (nSPS) is 10.2. The monoisotopic (exact) mass is 292 g/mol. The van der Waals surface area contributed by atoms with Gasteiger partial charge >= 0.3 is 5.97 Å². The maximum Gasteiger partial charge on any atom is 0.337 e. The molecular weight excluding hydrogens is 268 g/mol. The minimum Gasteiger partial charge on any atom is -0.465 e. The van der Waals surface area contributed by atoms with E-state index < -0.39 is 5.97 Å². The average molecular weight is 292 g/mol. The summed E-state index contributed by atoms with van der Waals surface area (Å²) in [4.78, 5) is 23.3. The molecule has 0 bridgehead atoms. The molecule has 0 spiro atoms. The number of anilines is 2. The van der Waals surface area contributed by atoms with Crippen LogP contribution < -0.4 is 11.1 Å². The lowest BCUT2D eigenvalue weighted by atomic mass is 10.1. The number of methoxy groups -OCH3 is 1. The summed E-state index contributed by atoms with van der Waals surface area (Å²) < 4.78 is 4.65. The SMILES string of the molecule is CCCCCCCC(=O)Nc1cc(C(=O)OC)ccc1N. The number of carbonyl (C=O) groups excluding carboxylic acids is 2. The van der Waals surface area contributed by atoms with Crippen molar-refractivity contribution in [2.45, 2.75) is 45.4 Å². The van der Waals surface area contributed by atoms with Crippen molar-refractivity contribution in [3.63, 3.8) is 0 Å². The second-order valence-electron chi connectivity index (χ2n) is 5.01. The highest BCUT2D eigenvalue weighted by molar-refractivity contribution is 5.97. The molecule has 1 aromatic rings. The fraction of sp³-hybridized carbons (Fsp3) is 0.500. The quantitative estimate of drug-likeness (QED) is 0.437. The molecule has 0 saturated carbocycles. The molecule has 1 amide bonds. The molecule has 0 aromatic heterocycles. The molecule has 0 fully saturated rings. The predicted molar refractivity (Wildman–Crippen MR) is 84.2 cm³/mol. The van der Waals surface area contributed by atoms with Crippen molar-refractivity contribution in [3.05, 3.63) is 23.8 Å². The molecule has 0 atom stereocenters. The van der Waals surface area contributed by atoms with E-state index in [1.165, 1.54) is 26.0 Å². The summed E-state index contributed by atoms with van der Waals surface area (Å²) in [5.41, 5.74) is 7.06. The molecule has 1 aromatic carbocycles. The van der Waals surface area contributed by atoms with Gasteiger partial charge in [-0.25, -0.2) is 4.79 Å². The van der Waals surface area contributed by atoms with Crippen LogP contribution in [0.5, 0.6) is 0 Å². The Labute approximate surface area is 125 Å². The molecule has 0 aliphatic carbocycles. The number of benzene rings is 1. The van der Waals surface area contributed by atoms with Crippen LogP contribution in [0.1, 0.15) is 55.8 Å². The maximum atomic E-state index is 11.9. The third kappa shape index (κ3) is 5.85. The van der Waals surface area contributed by atoms with Gasteiger partial charge in [-0.3, -0.25) is 4.79 Å². The molecule has 21 heavy (non-hydrogen) atoms. The van der Waals surface area contributed by atoms with Crippen LogP contribution in [0.2, 0.25) is 0 Å². The summed E-state index contributed by atoms with van der Waals surface area (Å²) >= 11 is 0. The zero-order valence-corrected chi connectivity index (χ0v) is 12.8. The molecule has 0 aliphatic rings. The van der Waals surface area contributed by atoms with Crippen LogP contribution in [0.25, 0.3) is 0 Å². The first-order valence-electron chi connectivity index (χ1n) is 7.36. The van der Waals surface area contributed by atoms with Gasteiger partial charge in [-0.1, -0.05) is 32.6 Å². The first kappa shape index (κ1) is 17.0. The molecule has 5 heteroatoms. The van der Waals surface area contributed by atoms with E-state index >= 15 is 0 Å². The summed E-state index contributed by atoms with van der Waals surface area (Å²) in [6.45, 7) is 2.16. The number of carbonyl (C=O) groups is 2. The standard InChI is InChI=1S/C16H24N2O3/c1-3-4-5-6-7-8-15(19)18-14-11-12(16(20)21-2)9-10-13(14)17/h9-11H,3-8,17H2,1-2H3,(H,18,19). The van der Waals surface area contributed by atoms with Gasteiger partial charge in [-0.15, -0.1) is 0 Å². The fourth-order valence-corrected chi connectivity index (χ4v) is 2.01. The number of esters is 1. The fourth-order valence-electron chi connectivity index (χ4n) is 2.01. The van der Waals surface area contributed by atoms with Crippen molar-refractivity contribution >= 4 is 23.3 Å². The van der Waals surface area contributed by atoms with E-state index in [0.29, 0.717) is 23.4 Å². The van der Waals surface area contributed by atoms with E-state index in [4.69, 9.17) is 5.73 Å². The zero-order chi connectivity index (χ0) is 15.7. The molecule has 0 radical (unpaired) electrons. The van der Waals surface area contributed by atoms with E-state index in [0.717, 1.165) is 19.3 Å². The topological polar surface area (TPSA) is 81.4 Å². The minimum absolute atomic E-state index is 0.0831. The van der Waals surface area contributed by atoms with Crippen LogP contribution >= 0.6 is 0 Å². The molecule has 1 rings (SSSR count). The Morgan fingerprint density at radius 3 is 2.57 bits per heavy atom. The van der Waals surface area contributed by atoms with Crippen molar-refractivity contribution in [2.75, 3.05) is 18.2 Å². The lowest BCUT2D eigenvalue weighted by Gasteiger charge is -2.09. The summed E-state index contributed by atoms with van der Waals surface area (Å²) in [5, 5.41) is 2.75. The Hall–Kier alpha value is -2.04. The van der Waals surface area contributed by atoms with Gasteiger partial charge < -0.3 is 15.8 Å². The maximum absolute atomic E-state index is 11.9. The number of unbranched alkanes of at least 4 members (excludes halogenated alkanes) is 4. The van der Waals surface area contributed by atoms with Crippen molar-refractivity contribution < 1.29 is 14.3 Å². The number of hydrogen-bond acceptors (Lipinski definition) is 4. The molecule has 5 nitrogen and oxygen atoms in total. The minimum atomic E-state index is -0.454. The Morgan fingerprint density at radius 2 is 1.90 bits per heavy atom. The van der Waals surface area contributed by atoms with Gasteiger partial charge in [-0.2, -0.15) is 0 Å². The van der Waals surface area contributed by atoms with Crippen molar-refractivity contribution in [1.82, 2.24) is 0 Å². The number of nitrogens with one attached hydrogen (secondary N) is 1. The van der Waals surface area contributed by atoms with Crippen LogP contribution in [-0.2, 0) is 9.53 Å². The zero-order valence-electron chi connectivity index (χ0n) is 12.8. The first-order valence-corrected chi connectivity index (χ1v) is 7.36. The number of rotatable bonds is 8.